The molecule has 1 aliphatic carbocycles. The van der Waals surface area contributed by atoms with Crippen molar-refractivity contribution in [2.24, 2.45) is 23.7 Å². The maximum absolute atomic E-state index is 13.3. The largest absolute Gasteiger partial charge is 0.329 e. The quantitative estimate of drug-likeness (QED) is 0.720. The molecule has 2 nitrogen and oxygen atoms in total. The second-order valence-corrected chi connectivity index (χ2v) is 9.55. The van der Waals surface area contributed by atoms with Crippen LogP contribution in [0.25, 0.3) is 0 Å². The van der Waals surface area contributed by atoms with Gasteiger partial charge in [0.25, 0.3) is 0 Å². The lowest BCUT2D eigenvalue weighted by molar-refractivity contribution is 0.158. The average molecular weight is 308 g/mol. The number of benzene rings is 1. The third kappa shape index (κ3) is 3.99. The van der Waals surface area contributed by atoms with E-state index in [-0.39, 0.29) is 0 Å². The Morgan fingerprint density at radius 2 is 1.90 bits per heavy atom. The molecule has 0 bridgehead atoms. The second kappa shape index (κ2) is 7.11. The maximum Gasteiger partial charge on any atom is 0.232 e. The van der Waals surface area contributed by atoms with Crippen LogP contribution in [0.3, 0.4) is 0 Å². The van der Waals surface area contributed by atoms with Gasteiger partial charge in [0.05, 0.1) is 0 Å². The van der Waals surface area contributed by atoms with E-state index in [9.17, 15) is 4.57 Å². The molecule has 2 rings (SSSR count). The van der Waals surface area contributed by atoms with Gasteiger partial charge < -0.3 is 4.52 Å². The Kier molecular flexibility index (Phi) is 5.68. The molecule has 1 aromatic rings. The minimum Gasteiger partial charge on any atom is -0.329 e. The Hall–Kier alpha value is -0.590. The highest BCUT2D eigenvalue weighted by atomic mass is 31.2. The summed E-state index contributed by atoms with van der Waals surface area (Å²) in [6.07, 6.45) is 4.45. The monoisotopic (exact) mass is 308 g/mol. The Labute approximate surface area is 129 Å². The molecule has 0 aromatic heterocycles. The highest BCUT2D eigenvalue weighted by Gasteiger charge is 2.37. The van der Waals surface area contributed by atoms with Gasteiger partial charge in [0.15, 0.2) is 0 Å². The summed E-state index contributed by atoms with van der Waals surface area (Å²) in [5.74, 6) is 2.59. The van der Waals surface area contributed by atoms with E-state index in [0.717, 1.165) is 11.2 Å². The van der Waals surface area contributed by atoms with Crippen molar-refractivity contribution in [2.45, 2.75) is 40.0 Å². The first kappa shape index (κ1) is 16.8. The van der Waals surface area contributed by atoms with Crippen molar-refractivity contribution in [3.8, 4) is 0 Å². The van der Waals surface area contributed by atoms with Gasteiger partial charge in [-0.15, -0.1) is 0 Å². The zero-order chi connectivity index (χ0) is 15.5. The molecule has 0 N–H and O–H groups in total. The zero-order valence-electron chi connectivity index (χ0n) is 13.8. The van der Waals surface area contributed by atoms with E-state index in [2.05, 4.69) is 20.8 Å². The van der Waals surface area contributed by atoms with Gasteiger partial charge in [0, 0.05) is 18.6 Å². The molecule has 3 unspecified atom stereocenters. The molecule has 0 aliphatic heterocycles. The molecule has 0 spiro atoms. The zero-order valence-corrected chi connectivity index (χ0v) is 14.7. The van der Waals surface area contributed by atoms with Crippen molar-refractivity contribution >= 4 is 12.7 Å². The SMILES string of the molecule is COP(=O)(C[C@H]1CC(C)CCC1C(C)C)c1ccccc1. The average Bonchev–Trinajstić information content (AvgIpc) is 2.47. The highest BCUT2D eigenvalue weighted by molar-refractivity contribution is 7.67. The molecule has 4 atom stereocenters. The van der Waals surface area contributed by atoms with Crippen molar-refractivity contribution in [3.63, 3.8) is 0 Å². The fourth-order valence-electron chi connectivity index (χ4n) is 3.86. The Morgan fingerprint density at radius 3 is 2.48 bits per heavy atom. The van der Waals surface area contributed by atoms with Crippen molar-refractivity contribution < 1.29 is 9.09 Å². The van der Waals surface area contributed by atoms with Gasteiger partial charge in [0.2, 0.25) is 7.37 Å². The summed E-state index contributed by atoms with van der Waals surface area (Å²) >= 11 is 0. The van der Waals surface area contributed by atoms with Crippen LogP contribution >= 0.6 is 7.37 Å². The number of rotatable bonds is 5. The molecular weight excluding hydrogens is 279 g/mol. The second-order valence-electron chi connectivity index (χ2n) is 6.96. The standard InChI is InChI=1S/C18H29O2P/c1-14(2)18-11-10-15(3)12-16(18)13-21(19,20-4)17-8-6-5-7-9-17/h5-9,14-16,18H,10-13H2,1-4H3/t15?,16-,18?,21?/m1/s1. The van der Waals surface area contributed by atoms with E-state index in [1.807, 2.05) is 30.3 Å². The van der Waals surface area contributed by atoms with Crippen molar-refractivity contribution in [2.75, 3.05) is 13.3 Å². The topological polar surface area (TPSA) is 26.3 Å². The van der Waals surface area contributed by atoms with E-state index >= 15 is 0 Å². The fourth-order valence-corrected chi connectivity index (χ4v) is 6.09. The smallest absolute Gasteiger partial charge is 0.232 e. The molecule has 0 radical (unpaired) electrons. The lowest BCUT2D eigenvalue weighted by Gasteiger charge is -2.38. The van der Waals surface area contributed by atoms with E-state index in [1.165, 1.54) is 19.3 Å². The highest BCUT2D eigenvalue weighted by Crippen LogP contribution is 2.51. The minimum absolute atomic E-state index is 0.514. The summed E-state index contributed by atoms with van der Waals surface area (Å²) in [4.78, 5) is 0. The van der Waals surface area contributed by atoms with Crippen LogP contribution in [0, 0.1) is 23.7 Å². The van der Waals surface area contributed by atoms with Crippen LogP contribution in [0.15, 0.2) is 30.3 Å². The van der Waals surface area contributed by atoms with E-state index in [1.54, 1.807) is 7.11 Å². The summed E-state index contributed by atoms with van der Waals surface area (Å²) in [7, 11) is -1.12. The molecular formula is C18H29O2P. The van der Waals surface area contributed by atoms with E-state index in [4.69, 9.17) is 4.52 Å². The molecule has 1 fully saturated rings. The van der Waals surface area contributed by atoms with Crippen LogP contribution in [0.5, 0.6) is 0 Å². The lowest BCUT2D eigenvalue weighted by Crippen LogP contribution is -2.31. The van der Waals surface area contributed by atoms with Gasteiger partial charge in [0.1, 0.15) is 0 Å². The molecule has 0 heterocycles. The van der Waals surface area contributed by atoms with Crippen LogP contribution in [-0.4, -0.2) is 13.3 Å². The predicted molar refractivity (Wildman–Crippen MR) is 90.4 cm³/mol. The van der Waals surface area contributed by atoms with Crippen LogP contribution in [0.1, 0.15) is 40.0 Å². The summed E-state index contributed by atoms with van der Waals surface area (Å²) in [5.41, 5.74) is 0. The molecule has 21 heavy (non-hydrogen) atoms. The molecule has 1 aromatic carbocycles. The summed E-state index contributed by atoms with van der Waals surface area (Å²) in [6, 6.07) is 9.75. The molecule has 0 amide bonds. The molecule has 1 aliphatic rings. The first-order chi connectivity index (χ1) is 9.96. The summed E-state index contributed by atoms with van der Waals surface area (Å²) in [6.45, 7) is 6.92. The van der Waals surface area contributed by atoms with Gasteiger partial charge in [-0.3, -0.25) is 4.57 Å². The minimum atomic E-state index is -2.72. The third-order valence-electron chi connectivity index (χ3n) is 5.08. The number of hydrogen-bond acceptors (Lipinski definition) is 2. The first-order valence-electron chi connectivity index (χ1n) is 8.16. The Bertz CT molecular complexity index is 483. The summed E-state index contributed by atoms with van der Waals surface area (Å²) < 4.78 is 18.8. The lowest BCUT2D eigenvalue weighted by atomic mass is 9.71. The van der Waals surface area contributed by atoms with Crippen LogP contribution in [0.4, 0.5) is 0 Å². The fraction of sp³-hybridized carbons (Fsp3) is 0.667. The first-order valence-corrected chi connectivity index (χ1v) is 9.97. The van der Waals surface area contributed by atoms with Gasteiger partial charge in [-0.05, 0) is 48.6 Å². The molecule has 3 heteroatoms. The third-order valence-corrected chi connectivity index (χ3v) is 7.70. The van der Waals surface area contributed by atoms with Crippen LogP contribution < -0.4 is 5.30 Å². The Morgan fingerprint density at radius 1 is 1.24 bits per heavy atom. The van der Waals surface area contributed by atoms with Gasteiger partial charge in [-0.25, -0.2) is 0 Å². The Balaban J connectivity index is 2.21. The van der Waals surface area contributed by atoms with Crippen molar-refractivity contribution in [1.82, 2.24) is 0 Å². The normalized spacial score (nSPS) is 29.3. The number of hydrogen-bond donors (Lipinski definition) is 0. The van der Waals surface area contributed by atoms with Gasteiger partial charge in [-0.2, -0.15) is 0 Å². The van der Waals surface area contributed by atoms with E-state index < -0.39 is 7.37 Å². The van der Waals surface area contributed by atoms with Gasteiger partial charge >= 0.3 is 0 Å². The van der Waals surface area contributed by atoms with Crippen molar-refractivity contribution in [1.29, 1.82) is 0 Å². The molecule has 1 saturated carbocycles. The summed E-state index contributed by atoms with van der Waals surface area (Å²) in [5, 5.41) is 0.869. The van der Waals surface area contributed by atoms with Crippen LogP contribution in [-0.2, 0) is 9.09 Å². The molecule has 118 valence electrons. The van der Waals surface area contributed by atoms with Crippen molar-refractivity contribution in [3.05, 3.63) is 30.3 Å². The van der Waals surface area contributed by atoms with Gasteiger partial charge in [-0.1, -0.05) is 45.4 Å². The van der Waals surface area contributed by atoms with Crippen LogP contribution in [0.2, 0.25) is 0 Å². The van der Waals surface area contributed by atoms with E-state index in [0.29, 0.717) is 23.9 Å². The maximum atomic E-state index is 13.3. The molecule has 0 saturated heterocycles. The predicted octanol–water partition coefficient (Wildman–Crippen LogP) is 4.94.